The third-order valence-corrected chi connectivity index (χ3v) is 5.13. The molecule has 0 saturated carbocycles. The molecule has 1 aromatic heterocycles. The van der Waals surface area contributed by atoms with Gasteiger partial charge >= 0.3 is 0 Å². The van der Waals surface area contributed by atoms with E-state index in [1.807, 2.05) is 40.7 Å². The first-order chi connectivity index (χ1) is 13.1. The number of likely N-dealkylation sites (tertiary alicyclic amines) is 1. The third-order valence-electron chi connectivity index (χ3n) is 5.13. The predicted molar refractivity (Wildman–Crippen MR) is 101 cm³/mol. The van der Waals surface area contributed by atoms with Crippen LogP contribution in [-0.2, 0) is 4.79 Å². The van der Waals surface area contributed by atoms with E-state index >= 15 is 0 Å². The van der Waals surface area contributed by atoms with E-state index in [1.165, 1.54) is 12.1 Å². The van der Waals surface area contributed by atoms with Crippen LogP contribution in [0.4, 0.5) is 4.39 Å². The van der Waals surface area contributed by atoms with Gasteiger partial charge in [0.05, 0.1) is 17.4 Å². The summed E-state index contributed by atoms with van der Waals surface area (Å²) in [6.07, 6.45) is 3.31. The maximum atomic E-state index is 13.0. The lowest BCUT2D eigenvalue weighted by Gasteiger charge is -2.34. The molecule has 140 valence electrons. The van der Waals surface area contributed by atoms with Crippen molar-refractivity contribution < 1.29 is 13.9 Å². The van der Waals surface area contributed by atoms with Crippen molar-refractivity contribution in [2.75, 3.05) is 13.1 Å². The summed E-state index contributed by atoms with van der Waals surface area (Å²) in [5.41, 5.74) is 1.86. The normalized spacial score (nSPS) is 16.4. The summed E-state index contributed by atoms with van der Waals surface area (Å²) >= 11 is 0. The minimum absolute atomic E-state index is 0.0453. The van der Waals surface area contributed by atoms with Gasteiger partial charge in [0.15, 0.2) is 0 Å². The van der Waals surface area contributed by atoms with Crippen LogP contribution in [0.5, 0.6) is 5.75 Å². The molecule has 1 atom stereocenters. The highest BCUT2D eigenvalue weighted by atomic mass is 19.1. The number of hydrogen-bond acceptors (Lipinski definition) is 3. The molecule has 0 bridgehead atoms. The fourth-order valence-corrected chi connectivity index (χ4v) is 3.57. The predicted octanol–water partition coefficient (Wildman–Crippen LogP) is 3.81. The van der Waals surface area contributed by atoms with Crippen LogP contribution < -0.4 is 4.74 Å². The number of benzene rings is 2. The maximum Gasteiger partial charge on any atom is 0.245 e. The minimum Gasteiger partial charge on any atom is -0.490 e. The second-order valence-electron chi connectivity index (χ2n) is 6.91. The van der Waals surface area contributed by atoms with Crippen LogP contribution in [0.1, 0.15) is 25.8 Å². The first kappa shape index (κ1) is 17.5. The van der Waals surface area contributed by atoms with Crippen molar-refractivity contribution in [3.8, 4) is 5.75 Å². The molecule has 1 amide bonds. The van der Waals surface area contributed by atoms with E-state index < -0.39 is 0 Å². The third kappa shape index (κ3) is 3.65. The largest absolute Gasteiger partial charge is 0.490 e. The number of halogens is 1. The molecule has 2 heterocycles. The van der Waals surface area contributed by atoms with E-state index in [1.54, 1.807) is 18.5 Å². The highest BCUT2D eigenvalue weighted by Gasteiger charge is 2.28. The summed E-state index contributed by atoms with van der Waals surface area (Å²) in [5.74, 6) is 0.488. The molecule has 4 rings (SSSR count). The Kier molecular flexibility index (Phi) is 4.79. The number of para-hydroxylation sites is 2. The lowest BCUT2D eigenvalue weighted by Crippen LogP contribution is -2.44. The Hall–Kier alpha value is -2.89. The molecule has 1 aliphatic heterocycles. The van der Waals surface area contributed by atoms with E-state index in [0.717, 1.165) is 23.9 Å². The Morgan fingerprint density at radius 2 is 1.85 bits per heavy atom. The Morgan fingerprint density at radius 3 is 2.59 bits per heavy atom. The van der Waals surface area contributed by atoms with E-state index in [-0.39, 0.29) is 23.9 Å². The number of hydrogen-bond donors (Lipinski definition) is 0. The average molecular weight is 367 g/mol. The van der Waals surface area contributed by atoms with Gasteiger partial charge in [-0.3, -0.25) is 4.79 Å². The first-order valence-corrected chi connectivity index (χ1v) is 9.24. The molecule has 0 aliphatic carbocycles. The van der Waals surface area contributed by atoms with Crippen LogP contribution in [0.3, 0.4) is 0 Å². The molecule has 3 aromatic rings. The average Bonchev–Trinajstić information content (AvgIpc) is 3.13. The zero-order chi connectivity index (χ0) is 18.8. The molecule has 27 heavy (non-hydrogen) atoms. The number of imidazole rings is 1. The minimum atomic E-state index is -0.299. The Balaban J connectivity index is 1.37. The summed E-state index contributed by atoms with van der Waals surface area (Å²) in [6.45, 7) is 3.22. The van der Waals surface area contributed by atoms with Crippen LogP contribution in [-0.4, -0.2) is 39.6 Å². The van der Waals surface area contributed by atoms with Gasteiger partial charge in [-0.05, 0) is 43.3 Å². The van der Waals surface area contributed by atoms with Gasteiger partial charge < -0.3 is 14.2 Å². The first-order valence-electron chi connectivity index (χ1n) is 9.24. The fourth-order valence-electron chi connectivity index (χ4n) is 3.57. The maximum absolute atomic E-state index is 13.0. The molecule has 5 nitrogen and oxygen atoms in total. The highest BCUT2D eigenvalue weighted by Crippen LogP contribution is 2.23. The van der Waals surface area contributed by atoms with Crippen LogP contribution in [0, 0.1) is 5.82 Å². The summed E-state index contributed by atoms with van der Waals surface area (Å²) in [5, 5.41) is 0. The van der Waals surface area contributed by atoms with Gasteiger partial charge in [-0.2, -0.15) is 0 Å². The molecule has 0 N–H and O–H groups in total. The molecule has 2 aromatic carbocycles. The lowest BCUT2D eigenvalue weighted by atomic mass is 10.1. The molecule has 0 radical (unpaired) electrons. The van der Waals surface area contributed by atoms with E-state index in [9.17, 15) is 9.18 Å². The lowest BCUT2D eigenvalue weighted by molar-refractivity contribution is -0.136. The second kappa shape index (κ2) is 7.39. The number of aromatic nitrogens is 2. The van der Waals surface area contributed by atoms with Gasteiger partial charge in [-0.1, -0.05) is 12.1 Å². The van der Waals surface area contributed by atoms with E-state index in [2.05, 4.69) is 4.98 Å². The van der Waals surface area contributed by atoms with E-state index in [4.69, 9.17) is 4.74 Å². The van der Waals surface area contributed by atoms with Gasteiger partial charge in [0.2, 0.25) is 5.91 Å². The fraction of sp³-hybridized carbons (Fsp3) is 0.333. The highest BCUT2D eigenvalue weighted by molar-refractivity contribution is 5.83. The number of rotatable bonds is 4. The van der Waals surface area contributed by atoms with Crippen LogP contribution >= 0.6 is 0 Å². The van der Waals surface area contributed by atoms with Crippen molar-refractivity contribution in [2.24, 2.45) is 0 Å². The summed E-state index contributed by atoms with van der Waals surface area (Å²) in [6, 6.07) is 13.6. The zero-order valence-corrected chi connectivity index (χ0v) is 15.2. The van der Waals surface area contributed by atoms with E-state index in [0.29, 0.717) is 18.8 Å². The summed E-state index contributed by atoms with van der Waals surface area (Å²) in [4.78, 5) is 19.2. The Morgan fingerprint density at radius 1 is 1.15 bits per heavy atom. The summed E-state index contributed by atoms with van der Waals surface area (Å²) in [7, 11) is 0. The molecule has 1 aliphatic rings. The van der Waals surface area contributed by atoms with Crippen molar-refractivity contribution in [3.63, 3.8) is 0 Å². The quantitative estimate of drug-likeness (QED) is 0.705. The molecule has 1 unspecified atom stereocenters. The second-order valence-corrected chi connectivity index (χ2v) is 6.91. The molecule has 0 spiro atoms. The summed E-state index contributed by atoms with van der Waals surface area (Å²) < 4.78 is 20.8. The smallest absolute Gasteiger partial charge is 0.245 e. The van der Waals surface area contributed by atoms with Crippen LogP contribution in [0.25, 0.3) is 11.0 Å². The van der Waals surface area contributed by atoms with Gasteiger partial charge in [0, 0.05) is 25.9 Å². The van der Waals surface area contributed by atoms with Crippen LogP contribution in [0.15, 0.2) is 54.9 Å². The van der Waals surface area contributed by atoms with Gasteiger partial charge in [0.1, 0.15) is 23.7 Å². The van der Waals surface area contributed by atoms with Crippen LogP contribution in [0.2, 0.25) is 0 Å². The topological polar surface area (TPSA) is 47.4 Å². The number of carbonyl (C=O) groups is 1. The molecule has 6 heteroatoms. The number of nitrogens with zero attached hydrogens (tertiary/aromatic N) is 3. The van der Waals surface area contributed by atoms with Crippen molar-refractivity contribution in [1.29, 1.82) is 0 Å². The SMILES string of the molecule is CC(C(=O)N1CCC(Oc2ccc(F)cc2)CC1)n1cnc2ccccc21. The molecular weight excluding hydrogens is 345 g/mol. The Labute approximate surface area is 157 Å². The number of amides is 1. The number of fused-ring (bicyclic) bond motifs is 1. The number of carbonyl (C=O) groups excluding carboxylic acids is 1. The zero-order valence-electron chi connectivity index (χ0n) is 15.2. The molecular formula is C21H22FN3O2. The standard InChI is InChI=1S/C21H22FN3O2/c1-15(25-14-23-19-4-2-3-5-20(19)25)21(26)24-12-10-18(11-13-24)27-17-8-6-16(22)7-9-17/h2-9,14-15,18H,10-13H2,1H3. The van der Waals surface area contributed by atoms with Gasteiger partial charge in [-0.25, -0.2) is 9.37 Å². The van der Waals surface area contributed by atoms with Crippen molar-refractivity contribution >= 4 is 16.9 Å². The van der Waals surface area contributed by atoms with Crippen molar-refractivity contribution in [2.45, 2.75) is 31.9 Å². The Bertz CT molecular complexity index is 930. The molecule has 1 fully saturated rings. The monoisotopic (exact) mass is 367 g/mol. The van der Waals surface area contributed by atoms with Crippen molar-refractivity contribution in [3.05, 3.63) is 60.7 Å². The van der Waals surface area contributed by atoms with Crippen molar-refractivity contribution in [1.82, 2.24) is 14.5 Å². The number of piperidine rings is 1. The number of ether oxygens (including phenoxy) is 1. The van der Waals surface area contributed by atoms with Gasteiger partial charge in [0.25, 0.3) is 0 Å². The molecule has 1 saturated heterocycles. The van der Waals surface area contributed by atoms with Gasteiger partial charge in [-0.15, -0.1) is 0 Å².